The summed E-state index contributed by atoms with van der Waals surface area (Å²) in [7, 11) is 0. The average molecular weight is 281 g/mol. The number of rotatable bonds is 0. The minimum atomic E-state index is -3.11. The fraction of sp³-hybridized carbons (Fsp3) is 0. The predicted octanol–water partition coefficient (Wildman–Crippen LogP) is -1.63. The Morgan fingerprint density at radius 1 is 0.800 bits per heavy atom. The van der Waals surface area contributed by atoms with Crippen LogP contribution >= 0.6 is 0 Å². The van der Waals surface area contributed by atoms with Gasteiger partial charge >= 0.3 is 19.5 Å². The minimum Gasteiger partial charge on any atom is -0.784 e. The maximum atomic E-state index is 8.44. The van der Waals surface area contributed by atoms with Crippen molar-refractivity contribution in [2.24, 2.45) is 0 Å². The molecule has 10 heteroatoms. The van der Waals surface area contributed by atoms with Gasteiger partial charge in [-0.15, -0.1) is 22.7 Å². The maximum absolute atomic E-state index is 8.44. The van der Waals surface area contributed by atoms with E-state index in [1.807, 2.05) is 0 Å². The SMILES string of the molecule is O=S([O-])[O-].O=S([O-])[O-].[NH4+].[Rh+3]. The first-order valence-electron chi connectivity index (χ1n) is 1.00. The summed E-state index contributed by atoms with van der Waals surface area (Å²) >= 11 is -6.22. The summed E-state index contributed by atoms with van der Waals surface area (Å²) in [6.45, 7) is 0. The van der Waals surface area contributed by atoms with Crippen molar-refractivity contribution in [2.45, 2.75) is 0 Å². The van der Waals surface area contributed by atoms with Gasteiger partial charge in [0.25, 0.3) is 0 Å². The van der Waals surface area contributed by atoms with Gasteiger partial charge in [0.15, 0.2) is 0 Å². The second kappa shape index (κ2) is 16.4. The molecular weight excluding hydrogens is 277 g/mol. The van der Waals surface area contributed by atoms with Crippen LogP contribution in [0.15, 0.2) is 0 Å². The summed E-state index contributed by atoms with van der Waals surface area (Å²) in [5, 5.41) is 0. The van der Waals surface area contributed by atoms with E-state index in [0.717, 1.165) is 0 Å². The zero-order chi connectivity index (χ0) is 7.15. The predicted molar refractivity (Wildman–Crippen MR) is 25.4 cm³/mol. The van der Waals surface area contributed by atoms with Crippen LogP contribution in [0.1, 0.15) is 0 Å². The Balaban J connectivity index is -0.0000000300. The zero-order valence-corrected chi connectivity index (χ0v) is 7.87. The second-order valence-corrected chi connectivity index (χ2v) is 1.22. The topological polar surface area (TPSA) is 163 Å². The molecule has 0 aliphatic heterocycles. The normalized spacial score (nSPS) is 7.00. The fourth-order valence-corrected chi connectivity index (χ4v) is 0. The van der Waals surface area contributed by atoms with Crippen molar-refractivity contribution in [1.29, 1.82) is 0 Å². The largest absolute Gasteiger partial charge is 3.00 e. The van der Waals surface area contributed by atoms with Gasteiger partial charge in [-0.05, 0) is 0 Å². The van der Waals surface area contributed by atoms with Gasteiger partial charge in [0.1, 0.15) is 0 Å². The van der Waals surface area contributed by atoms with E-state index in [4.69, 9.17) is 26.6 Å². The molecule has 0 radical (unpaired) electrons. The van der Waals surface area contributed by atoms with Crippen LogP contribution in [0.3, 0.4) is 0 Å². The Bertz CT molecular complexity index is 73.7. The molecule has 0 amide bonds. The zero-order valence-electron chi connectivity index (χ0n) is 4.60. The molecule has 66 valence electrons. The molecule has 0 aliphatic carbocycles. The standard InChI is InChI=1S/H3N.2H2O3S.Rh/c;2*1-4(2)3;/h1H3;2*(H2,1,2,3);/q;;;+3/p-3. The molecule has 0 rings (SSSR count). The number of hydrogen-bond donors (Lipinski definition) is 1. The molecule has 0 aromatic heterocycles. The summed E-state index contributed by atoms with van der Waals surface area (Å²) < 4.78 is 50.7. The van der Waals surface area contributed by atoms with Gasteiger partial charge in [0, 0.05) is 0 Å². The third-order valence-electron chi connectivity index (χ3n) is 0. The molecule has 0 aromatic rings. The van der Waals surface area contributed by atoms with Gasteiger partial charge in [0.2, 0.25) is 0 Å². The summed E-state index contributed by atoms with van der Waals surface area (Å²) in [6.07, 6.45) is 0. The monoisotopic (exact) mass is 281 g/mol. The van der Waals surface area contributed by atoms with Crippen molar-refractivity contribution < 1.29 is 46.1 Å². The molecule has 0 atom stereocenters. The van der Waals surface area contributed by atoms with E-state index in [9.17, 15) is 0 Å². The molecule has 0 bridgehead atoms. The van der Waals surface area contributed by atoms with Gasteiger partial charge in [-0.1, -0.05) is 0 Å². The fourth-order valence-electron chi connectivity index (χ4n) is 0. The molecule has 0 spiro atoms. The van der Waals surface area contributed by atoms with Crippen LogP contribution in [0.2, 0.25) is 0 Å². The second-order valence-electron chi connectivity index (χ2n) is 0.408. The number of quaternary nitrogens is 1. The molecule has 0 unspecified atom stereocenters. The summed E-state index contributed by atoms with van der Waals surface area (Å²) in [4.78, 5) is 0. The molecule has 0 aliphatic rings. The van der Waals surface area contributed by atoms with Crippen molar-refractivity contribution in [3.05, 3.63) is 0 Å². The Morgan fingerprint density at radius 3 is 0.800 bits per heavy atom. The molecule has 0 saturated heterocycles. The molecule has 0 heterocycles. The van der Waals surface area contributed by atoms with E-state index < -0.39 is 22.7 Å². The van der Waals surface area contributed by atoms with E-state index >= 15 is 0 Å². The van der Waals surface area contributed by atoms with E-state index in [2.05, 4.69) is 0 Å². The van der Waals surface area contributed by atoms with E-state index in [1.165, 1.54) is 0 Å². The summed E-state index contributed by atoms with van der Waals surface area (Å²) in [5.41, 5.74) is 0. The van der Waals surface area contributed by atoms with Crippen molar-refractivity contribution in [3.8, 4) is 0 Å². The molecule has 4 N–H and O–H groups in total. The van der Waals surface area contributed by atoms with Gasteiger partial charge in [-0.3, -0.25) is 8.42 Å². The van der Waals surface area contributed by atoms with E-state index in [0.29, 0.717) is 0 Å². The van der Waals surface area contributed by atoms with Crippen molar-refractivity contribution in [2.75, 3.05) is 0 Å². The van der Waals surface area contributed by atoms with Gasteiger partial charge < -0.3 is 24.4 Å². The van der Waals surface area contributed by atoms with Crippen LogP contribution < -0.4 is 6.15 Å². The van der Waals surface area contributed by atoms with Crippen LogP contribution in [-0.2, 0) is 42.2 Å². The maximum Gasteiger partial charge on any atom is 3.00 e. The molecule has 0 fully saturated rings. The van der Waals surface area contributed by atoms with Crippen molar-refractivity contribution in [1.82, 2.24) is 6.15 Å². The van der Waals surface area contributed by atoms with Crippen LogP contribution in [0, 0.1) is 0 Å². The quantitative estimate of drug-likeness (QED) is 0.413. The first-order valence-corrected chi connectivity index (χ1v) is 3.00. The summed E-state index contributed by atoms with van der Waals surface area (Å²) in [6, 6.07) is 0. The Hall–Kier alpha value is 0.723. The van der Waals surface area contributed by atoms with E-state index in [1.54, 1.807) is 0 Å². The first kappa shape index (κ1) is 22.4. The average Bonchev–Trinajstić information content (AvgIpc) is 1.25. The van der Waals surface area contributed by atoms with Crippen molar-refractivity contribution >= 4 is 22.7 Å². The van der Waals surface area contributed by atoms with Crippen molar-refractivity contribution in [3.63, 3.8) is 0 Å². The molecule has 10 heavy (non-hydrogen) atoms. The van der Waals surface area contributed by atoms with Crippen LogP contribution in [0.5, 0.6) is 0 Å². The Morgan fingerprint density at radius 2 is 0.800 bits per heavy atom. The van der Waals surface area contributed by atoms with Crippen LogP contribution in [-0.4, -0.2) is 26.6 Å². The molecular formula is H4NO6RhS2. The smallest absolute Gasteiger partial charge is 0.784 e. The Kier molecular flexibility index (Phi) is 36.7. The van der Waals surface area contributed by atoms with Gasteiger partial charge in [-0.25, -0.2) is 0 Å². The number of hydrogen-bond acceptors (Lipinski definition) is 6. The van der Waals surface area contributed by atoms with E-state index in [-0.39, 0.29) is 25.6 Å². The molecule has 0 saturated carbocycles. The van der Waals surface area contributed by atoms with Gasteiger partial charge in [-0.2, -0.15) is 0 Å². The van der Waals surface area contributed by atoms with Crippen LogP contribution in [0.25, 0.3) is 0 Å². The minimum absolute atomic E-state index is 0. The molecule has 0 aromatic carbocycles. The third kappa shape index (κ3) is 994. The molecule has 7 nitrogen and oxygen atoms in total. The Labute approximate surface area is 75.2 Å². The summed E-state index contributed by atoms with van der Waals surface area (Å²) in [5.74, 6) is 0. The van der Waals surface area contributed by atoms with Crippen LogP contribution in [0.4, 0.5) is 0 Å². The third-order valence-corrected chi connectivity index (χ3v) is 0. The first-order chi connectivity index (χ1) is 3.46. The van der Waals surface area contributed by atoms with Gasteiger partial charge in [0.05, 0.1) is 0 Å².